The number of rotatable bonds is 12. The monoisotopic (exact) mass is 429 g/mol. The molecule has 1 fully saturated rings. The first-order chi connectivity index (χ1) is 12.7. The van der Waals surface area contributed by atoms with Gasteiger partial charge in [0.2, 0.25) is 0 Å². The summed E-state index contributed by atoms with van der Waals surface area (Å²) in [5, 5.41) is 0.199. The fraction of sp³-hybridized carbons (Fsp3) is 0.857. The second kappa shape index (κ2) is 10.1. The molecule has 0 aromatic carbocycles. The van der Waals surface area contributed by atoms with E-state index >= 15 is 0 Å². The van der Waals surface area contributed by atoms with Gasteiger partial charge < -0.3 is 23.3 Å². The minimum absolute atomic E-state index is 0.00769. The zero-order valence-electron chi connectivity index (χ0n) is 19.8. The van der Waals surface area contributed by atoms with Crippen LogP contribution in [0.4, 0.5) is 0 Å². The molecule has 3 atom stereocenters. The molecular weight excluding hydrogens is 386 g/mol. The van der Waals surface area contributed by atoms with Gasteiger partial charge in [0.25, 0.3) is 0 Å². The molecule has 0 saturated carbocycles. The third-order valence-corrected chi connectivity index (χ3v) is 10.7. The van der Waals surface area contributed by atoms with Crippen molar-refractivity contribution < 1.29 is 18.6 Å². The van der Waals surface area contributed by atoms with Crippen LogP contribution in [0.2, 0.25) is 37.8 Å². The Morgan fingerprint density at radius 2 is 1.75 bits per heavy atom. The van der Waals surface area contributed by atoms with Gasteiger partial charge in [-0.25, -0.2) is 0 Å². The van der Waals surface area contributed by atoms with Crippen LogP contribution in [-0.2, 0) is 18.6 Å². The van der Waals surface area contributed by atoms with E-state index in [1.165, 1.54) is 0 Å². The van der Waals surface area contributed by atoms with E-state index in [4.69, 9.17) is 23.3 Å². The molecule has 164 valence electrons. The maximum Gasteiger partial charge on any atom is 0.192 e. The van der Waals surface area contributed by atoms with Gasteiger partial charge in [-0.1, -0.05) is 27.4 Å². The lowest BCUT2D eigenvalue weighted by Crippen LogP contribution is -2.42. The Hall–Kier alpha value is -0.316. The smallest absolute Gasteiger partial charge is 0.192 e. The first kappa shape index (κ1) is 25.7. The first-order valence-corrected chi connectivity index (χ1v) is 16.8. The van der Waals surface area contributed by atoms with Crippen molar-refractivity contribution in [2.45, 2.75) is 97.3 Å². The predicted molar refractivity (Wildman–Crippen MR) is 123 cm³/mol. The molecule has 1 saturated heterocycles. The topological polar surface area (TPSA) is 52.6 Å². The number of epoxide rings is 1. The zero-order valence-corrected chi connectivity index (χ0v) is 21.8. The van der Waals surface area contributed by atoms with Crippen LogP contribution in [0.1, 0.15) is 41.0 Å². The molecule has 0 amide bonds. The van der Waals surface area contributed by atoms with E-state index in [0.717, 1.165) is 17.7 Å². The fourth-order valence-electron chi connectivity index (χ4n) is 2.48. The third kappa shape index (κ3) is 8.59. The van der Waals surface area contributed by atoms with E-state index in [1.54, 1.807) is 0 Å². The van der Waals surface area contributed by atoms with Crippen molar-refractivity contribution in [1.29, 1.82) is 0 Å². The molecule has 1 rings (SSSR count). The average Bonchev–Trinajstić information content (AvgIpc) is 3.28. The number of nitrogens with zero attached hydrogens (tertiary/aromatic N) is 1. The maximum atomic E-state index is 6.35. The van der Waals surface area contributed by atoms with Crippen molar-refractivity contribution in [3.63, 3.8) is 0 Å². The van der Waals surface area contributed by atoms with E-state index in [0.29, 0.717) is 19.8 Å². The van der Waals surface area contributed by atoms with Gasteiger partial charge in [-0.15, -0.1) is 0 Å². The Morgan fingerprint density at radius 1 is 1.14 bits per heavy atom. The second-order valence-electron chi connectivity index (χ2n) is 10.1. The molecule has 0 aliphatic carbocycles. The summed E-state index contributed by atoms with van der Waals surface area (Å²) < 4.78 is 28.5. The highest BCUT2D eigenvalue weighted by Gasteiger charge is 2.46. The molecule has 1 unspecified atom stereocenters. The predicted octanol–water partition coefficient (Wildman–Crippen LogP) is 5.40. The molecular formula is C21H43NO4Si2. The Morgan fingerprint density at radius 3 is 2.25 bits per heavy atom. The lowest BCUT2D eigenvalue weighted by Gasteiger charge is -2.36. The van der Waals surface area contributed by atoms with Crippen LogP contribution in [-0.4, -0.2) is 60.6 Å². The van der Waals surface area contributed by atoms with Gasteiger partial charge in [-0.05, 0) is 63.6 Å². The van der Waals surface area contributed by atoms with Gasteiger partial charge in [0.15, 0.2) is 22.8 Å². The van der Waals surface area contributed by atoms with Gasteiger partial charge in [-0.3, -0.25) is 0 Å². The van der Waals surface area contributed by atoms with Crippen LogP contribution in [0, 0.1) is 0 Å². The molecule has 1 heterocycles. The quantitative estimate of drug-likeness (QED) is 0.180. The summed E-state index contributed by atoms with van der Waals surface area (Å²) in [6, 6.07) is 0. The van der Waals surface area contributed by atoms with Gasteiger partial charge >= 0.3 is 0 Å². The van der Waals surface area contributed by atoms with Crippen molar-refractivity contribution in [2.75, 3.05) is 19.8 Å². The second-order valence-corrected chi connectivity index (χ2v) is 19.5. The molecule has 0 aromatic rings. The maximum absolute atomic E-state index is 6.35. The molecule has 0 bridgehead atoms. The van der Waals surface area contributed by atoms with Crippen LogP contribution < -0.4 is 0 Å². The molecule has 0 spiro atoms. The van der Waals surface area contributed by atoms with E-state index in [-0.39, 0.29) is 23.5 Å². The highest BCUT2D eigenvalue weighted by atomic mass is 28.4. The molecule has 5 nitrogen and oxygen atoms in total. The van der Waals surface area contributed by atoms with Gasteiger partial charge in [-0.2, -0.15) is 0 Å². The number of ether oxygens (including phenoxy) is 3. The lowest BCUT2D eigenvalue weighted by atomic mass is 10.1. The Balaban J connectivity index is 2.67. The van der Waals surface area contributed by atoms with Crippen LogP contribution in [0.5, 0.6) is 0 Å². The summed E-state index contributed by atoms with van der Waals surface area (Å²) in [6.07, 6.45) is 0.631. The van der Waals surface area contributed by atoms with Crippen LogP contribution >= 0.6 is 0 Å². The first-order valence-electron chi connectivity index (χ1n) is 10.5. The number of hydrogen-bond acceptors (Lipinski definition) is 5. The summed E-state index contributed by atoms with van der Waals surface area (Å²) in [6.45, 7) is 28.0. The molecule has 1 aliphatic heterocycles. The van der Waals surface area contributed by atoms with Crippen LogP contribution in [0.25, 0.3) is 0 Å². The van der Waals surface area contributed by atoms with E-state index < -0.39 is 16.6 Å². The Bertz CT molecular complexity index is 550. The zero-order chi connectivity index (χ0) is 21.8. The summed E-state index contributed by atoms with van der Waals surface area (Å²) in [5.41, 5.74) is 2.02. The van der Waals surface area contributed by atoms with E-state index in [1.807, 2.05) is 13.8 Å². The standard InChI is InChI=1S/C21H43NO4Si2/c1-12-23-17(3)24-14-13-16(2)19(22-27(7,8)9)20-18(26-20)15-25-28(10,11)21(4,5)6/h17-18,20H,2,12-15H2,1,3-11H3/b22-19+/t17?,18-,20+/m0/s1. The lowest BCUT2D eigenvalue weighted by molar-refractivity contribution is -0.125. The molecule has 7 heteroatoms. The minimum atomic E-state index is -1.78. The van der Waals surface area contributed by atoms with E-state index in [2.05, 4.69) is 60.1 Å². The summed E-state index contributed by atoms with van der Waals surface area (Å²) in [7, 11) is -3.42. The number of hydrogen-bond donors (Lipinski definition) is 0. The molecule has 0 N–H and O–H groups in total. The average molecular weight is 430 g/mol. The van der Waals surface area contributed by atoms with Crippen molar-refractivity contribution in [3.05, 3.63) is 12.2 Å². The van der Waals surface area contributed by atoms with Crippen molar-refractivity contribution in [1.82, 2.24) is 0 Å². The molecule has 1 aliphatic rings. The summed E-state index contributed by atoms with van der Waals surface area (Å²) in [5.74, 6) is 0. The summed E-state index contributed by atoms with van der Waals surface area (Å²) >= 11 is 0. The normalized spacial score (nSPS) is 22.3. The third-order valence-electron chi connectivity index (χ3n) is 5.24. The highest BCUT2D eigenvalue weighted by molar-refractivity contribution is 6.75. The van der Waals surface area contributed by atoms with Gasteiger partial charge in [0.05, 0.1) is 18.9 Å². The Labute approximate surface area is 175 Å². The van der Waals surface area contributed by atoms with Crippen molar-refractivity contribution >= 4 is 22.3 Å². The van der Waals surface area contributed by atoms with Gasteiger partial charge in [0.1, 0.15) is 12.2 Å². The minimum Gasteiger partial charge on any atom is -0.414 e. The fourth-order valence-corrected chi connectivity index (χ4v) is 4.50. The molecule has 0 aromatic heterocycles. The van der Waals surface area contributed by atoms with E-state index in [9.17, 15) is 0 Å². The molecule has 28 heavy (non-hydrogen) atoms. The molecule has 0 radical (unpaired) electrons. The largest absolute Gasteiger partial charge is 0.414 e. The van der Waals surface area contributed by atoms with Gasteiger partial charge in [0, 0.05) is 6.61 Å². The summed E-state index contributed by atoms with van der Waals surface area (Å²) in [4.78, 5) is 0. The van der Waals surface area contributed by atoms with Crippen LogP contribution in [0.3, 0.4) is 0 Å². The van der Waals surface area contributed by atoms with Crippen molar-refractivity contribution in [2.24, 2.45) is 4.66 Å². The van der Waals surface area contributed by atoms with Crippen LogP contribution in [0.15, 0.2) is 16.8 Å². The highest BCUT2D eigenvalue weighted by Crippen LogP contribution is 2.38. The Kier molecular flexibility index (Phi) is 9.31. The van der Waals surface area contributed by atoms with Crippen molar-refractivity contribution in [3.8, 4) is 0 Å². The SMILES string of the molecule is C=C(CCOC(C)OCC)/C(=N\[Si](C)(C)C)[C@@H]1O[C@H]1CO[Si](C)(C)C(C)(C)C.